The Morgan fingerprint density at radius 2 is 2.08 bits per heavy atom. The van der Waals surface area contributed by atoms with Crippen molar-refractivity contribution in [1.82, 2.24) is 14.7 Å². The normalized spacial score (nSPS) is 18.9. The van der Waals surface area contributed by atoms with Crippen LogP contribution in [0.25, 0.3) is 10.9 Å². The molecule has 1 aromatic heterocycles. The molecule has 0 radical (unpaired) electrons. The van der Waals surface area contributed by atoms with E-state index < -0.39 is 0 Å². The Labute approximate surface area is 141 Å². The third-order valence-corrected chi connectivity index (χ3v) is 4.90. The molecule has 24 heavy (non-hydrogen) atoms. The first-order valence-corrected chi connectivity index (χ1v) is 8.65. The summed E-state index contributed by atoms with van der Waals surface area (Å²) in [7, 11) is 1.42. The van der Waals surface area contributed by atoms with Crippen LogP contribution in [-0.4, -0.2) is 60.6 Å². The third kappa shape index (κ3) is 3.03. The Bertz CT molecular complexity index is 745. The molecule has 0 unspecified atom stereocenters. The molecule has 0 bridgehead atoms. The van der Waals surface area contributed by atoms with Gasteiger partial charge in [0.1, 0.15) is 0 Å². The number of hydrogen-bond acceptors (Lipinski definition) is 5. The maximum Gasteiger partial charge on any atom is 0.337 e. The minimum Gasteiger partial charge on any atom is -0.465 e. The van der Waals surface area contributed by atoms with Crippen molar-refractivity contribution < 1.29 is 14.3 Å². The lowest BCUT2D eigenvalue weighted by Gasteiger charge is -2.26. The van der Waals surface area contributed by atoms with Crippen LogP contribution < -0.4 is 0 Å². The maximum absolute atomic E-state index is 11.8. The summed E-state index contributed by atoms with van der Waals surface area (Å²) in [6.45, 7) is 5.44. The summed E-state index contributed by atoms with van der Waals surface area (Å²) in [6.07, 6.45) is 2.38. The molecular formula is C18H23N3O3. The number of morpholine rings is 1. The molecule has 6 heteroatoms. The zero-order valence-corrected chi connectivity index (χ0v) is 14.0. The fourth-order valence-electron chi connectivity index (χ4n) is 3.34. The molecule has 6 nitrogen and oxygen atoms in total. The number of fused-ring (bicyclic) bond motifs is 1. The lowest BCUT2D eigenvalue weighted by atomic mass is 10.1. The number of benzene rings is 1. The van der Waals surface area contributed by atoms with E-state index in [0.717, 1.165) is 56.0 Å². The van der Waals surface area contributed by atoms with Crippen LogP contribution in [0.3, 0.4) is 0 Å². The predicted molar refractivity (Wildman–Crippen MR) is 90.3 cm³/mol. The second kappa shape index (κ2) is 6.53. The largest absolute Gasteiger partial charge is 0.465 e. The number of esters is 1. The summed E-state index contributed by atoms with van der Waals surface area (Å²) in [4.78, 5) is 14.2. The summed E-state index contributed by atoms with van der Waals surface area (Å²) in [5.41, 5.74) is 2.84. The highest BCUT2D eigenvalue weighted by atomic mass is 16.5. The highest BCUT2D eigenvalue weighted by Crippen LogP contribution is 2.42. The number of ether oxygens (including phenoxy) is 2. The van der Waals surface area contributed by atoms with E-state index in [0.29, 0.717) is 11.5 Å². The Hall–Kier alpha value is -1.92. The molecule has 0 spiro atoms. The van der Waals surface area contributed by atoms with Gasteiger partial charge in [-0.3, -0.25) is 9.58 Å². The summed E-state index contributed by atoms with van der Waals surface area (Å²) in [5.74, 6) is 0.254. The Morgan fingerprint density at radius 1 is 1.29 bits per heavy atom. The monoisotopic (exact) mass is 329 g/mol. The van der Waals surface area contributed by atoms with Crippen LogP contribution in [0.5, 0.6) is 0 Å². The fourth-order valence-corrected chi connectivity index (χ4v) is 3.34. The molecule has 4 rings (SSSR count). The first-order valence-electron chi connectivity index (χ1n) is 8.65. The van der Waals surface area contributed by atoms with E-state index in [2.05, 4.69) is 9.58 Å². The van der Waals surface area contributed by atoms with Crippen molar-refractivity contribution in [3.8, 4) is 0 Å². The maximum atomic E-state index is 11.8. The molecule has 1 saturated heterocycles. The van der Waals surface area contributed by atoms with E-state index in [1.54, 1.807) is 0 Å². The van der Waals surface area contributed by atoms with Crippen molar-refractivity contribution in [2.45, 2.75) is 25.3 Å². The Balaban J connectivity index is 1.61. The molecule has 128 valence electrons. The topological polar surface area (TPSA) is 56.6 Å². The van der Waals surface area contributed by atoms with Gasteiger partial charge in [-0.15, -0.1) is 0 Å². The molecular weight excluding hydrogens is 306 g/mol. The first kappa shape index (κ1) is 15.6. The third-order valence-electron chi connectivity index (χ3n) is 4.90. The van der Waals surface area contributed by atoms with Crippen molar-refractivity contribution in [2.75, 3.05) is 40.0 Å². The van der Waals surface area contributed by atoms with E-state index in [9.17, 15) is 4.79 Å². The fraction of sp³-hybridized carbons (Fsp3) is 0.556. The molecule has 2 heterocycles. The molecule has 1 aliphatic carbocycles. The number of nitrogens with zero attached hydrogens (tertiary/aromatic N) is 3. The van der Waals surface area contributed by atoms with Crippen molar-refractivity contribution in [3.05, 3.63) is 29.5 Å². The van der Waals surface area contributed by atoms with E-state index in [-0.39, 0.29) is 5.97 Å². The van der Waals surface area contributed by atoms with E-state index >= 15 is 0 Å². The van der Waals surface area contributed by atoms with Crippen LogP contribution in [0.2, 0.25) is 0 Å². The minimum absolute atomic E-state index is 0.292. The van der Waals surface area contributed by atoms with Crippen LogP contribution >= 0.6 is 0 Å². The summed E-state index contributed by atoms with van der Waals surface area (Å²) in [6, 6.07) is 5.77. The van der Waals surface area contributed by atoms with Gasteiger partial charge in [-0.05, 0) is 31.0 Å². The SMILES string of the molecule is COC(=O)c1ccc2c(c1)c(C1CC1)nn2CCN1CCOCC1. The summed E-state index contributed by atoms with van der Waals surface area (Å²) in [5, 5.41) is 5.97. The van der Waals surface area contributed by atoms with Crippen LogP contribution in [-0.2, 0) is 16.0 Å². The number of aromatic nitrogens is 2. The van der Waals surface area contributed by atoms with Crippen LogP contribution in [0.15, 0.2) is 18.2 Å². The summed E-state index contributed by atoms with van der Waals surface area (Å²) >= 11 is 0. The van der Waals surface area contributed by atoms with Gasteiger partial charge in [0.2, 0.25) is 0 Å². The molecule has 2 fully saturated rings. The van der Waals surface area contributed by atoms with Gasteiger partial charge in [0.15, 0.2) is 0 Å². The standard InChI is InChI=1S/C18H23N3O3/c1-23-18(22)14-4-5-16-15(12-14)17(13-2-3-13)19-21(16)7-6-20-8-10-24-11-9-20/h4-5,12-13H,2-3,6-11H2,1H3. The van der Waals surface area contributed by atoms with Gasteiger partial charge >= 0.3 is 5.97 Å². The molecule has 2 aromatic rings. The second-order valence-corrected chi connectivity index (χ2v) is 6.56. The van der Waals surface area contributed by atoms with E-state index in [1.807, 2.05) is 18.2 Å². The van der Waals surface area contributed by atoms with Crippen LogP contribution in [0, 0.1) is 0 Å². The average molecular weight is 329 g/mol. The van der Waals surface area contributed by atoms with Gasteiger partial charge in [-0.2, -0.15) is 5.10 Å². The molecule has 0 N–H and O–H groups in total. The number of rotatable bonds is 5. The molecule has 1 aromatic carbocycles. The number of carbonyl (C=O) groups is 1. The first-order chi connectivity index (χ1) is 11.8. The zero-order valence-electron chi connectivity index (χ0n) is 14.0. The van der Waals surface area contributed by atoms with E-state index in [4.69, 9.17) is 14.6 Å². The lowest BCUT2D eigenvalue weighted by molar-refractivity contribution is 0.0361. The number of carbonyl (C=O) groups excluding carboxylic acids is 1. The smallest absolute Gasteiger partial charge is 0.337 e. The highest BCUT2D eigenvalue weighted by Gasteiger charge is 2.29. The van der Waals surface area contributed by atoms with Crippen molar-refractivity contribution in [3.63, 3.8) is 0 Å². The number of hydrogen-bond donors (Lipinski definition) is 0. The predicted octanol–water partition coefficient (Wildman–Crippen LogP) is 2.03. The molecule has 2 aliphatic rings. The van der Waals surface area contributed by atoms with Crippen molar-refractivity contribution in [2.24, 2.45) is 0 Å². The Kier molecular flexibility index (Phi) is 4.24. The van der Waals surface area contributed by atoms with Crippen LogP contribution in [0.1, 0.15) is 34.8 Å². The van der Waals surface area contributed by atoms with E-state index in [1.165, 1.54) is 20.0 Å². The molecule has 1 aliphatic heterocycles. The van der Waals surface area contributed by atoms with Crippen molar-refractivity contribution in [1.29, 1.82) is 0 Å². The second-order valence-electron chi connectivity index (χ2n) is 6.56. The quantitative estimate of drug-likeness (QED) is 0.786. The molecule has 1 saturated carbocycles. The lowest BCUT2D eigenvalue weighted by Crippen LogP contribution is -2.38. The van der Waals surface area contributed by atoms with Crippen molar-refractivity contribution >= 4 is 16.9 Å². The van der Waals surface area contributed by atoms with Gasteiger partial charge in [-0.25, -0.2) is 4.79 Å². The Morgan fingerprint density at radius 3 is 2.79 bits per heavy atom. The van der Waals surface area contributed by atoms with Crippen LogP contribution in [0.4, 0.5) is 0 Å². The molecule has 0 amide bonds. The minimum atomic E-state index is -0.292. The van der Waals surface area contributed by atoms with Gasteiger partial charge in [0, 0.05) is 30.9 Å². The highest BCUT2D eigenvalue weighted by molar-refractivity contribution is 5.95. The average Bonchev–Trinajstić information content (AvgIpc) is 3.41. The zero-order chi connectivity index (χ0) is 16.5. The summed E-state index contributed by atoms with van der Waals surface area (Å²) < 4.78 is 12.4. The number of methoxy groups -OCH3 is 1. The van der Waals surface area contributed by atoms with Gasteiger partial charge in [0.05, 0.1) is 43.6 Å². The van der Waals surface area contributed by atoms with Gasteiger partial charge in [-0.1, -0.05) is 0 Å². The van der Waals surface area contributed by atoms with Gasteiger partial charge in [0.25, 0.3) is 0 Å². The van der Waals surface area contributed by atoms with Gasteiger partial charge < -0.3 is 9.47 Å². The molecule has 0 atom stereocenters.